The van der Waals surface area contributed by atoms with Crippen LogP contribution in [0.4, 0.5) is 0 Å². The maximum atomic E-state index is 7.37. The second kappa shape index (κ2) is 6.87. The topological polar surface area (TPSA) is 6.48 Å². The normalized spacial score (nSPS) is 16.0. The standard InChI is InChI=1S/2C6H18NSi2.2ClH.Zr/c2*1-8(2,3)7-9(4,5)6;;;/h2*1-6H3;2*1H;/q2*-1;;;+4/p-2. The molecule has 0 aromatic rings. The van der Waals surface area contributed by atoms with Gasteiger partial charge in [-0.05, 0) is 0 Å². The fourth-order valence-electron chi connectivity index (χ4n) is 3.73. The molecular formula is C12H36Cl2N2Si4Zr. The summed E-state index contributed by atoms with van der Waals surface area (Å²) in [5.74, 6) is 0. The SMILES string of the molecule is C[Si](C)(C)[N]([Si](C)(C)C)[Zr]([Cl])([Cl])[N]([Si](C)(C)C)[Si](C)(C)C. The molecule has 0 bridgehead atoms. The van der Waals surface area contributed by atoms with Crippen molar-refractivity contribution < 1.29 is 18.5 Å². The molecule has 0 aliphatic carbocycles. The van der Waals surface area contributed by atoms with Gasteiger partial charge in [0.1, 0.15) is 0 Å². The molecule has 21 heavy (non-hydrogen) atoms. The summed E-state index contributed by atoms with van der Waals surface area (Å²) in [6.07, 6.45) is 0. The van der Waals surface area contributed by atoms with E-state index in [-0.39, 0.29) is 0 Å². The van der Waals surface area contributed by atoms with Gasteiger partial charge in [0.05, 0.1) is 0 Å². The van der Waals surface area contributed by atoms with Crippen LogP contribution in [0.2, 0.25) is 78.6 Å². The molecule has 9 heteroatoms. The van der Waals surface area contributed by atoms with E-state index >= 15 is 0 Å². The van der Waals surface area contributed by atoms with Gasteiger partial charge in [0.25, 0.3) is 0 Å². The first kappa shape index (κ1) is 23.3. The Morgan fingerprint density at radius 3 is 0.714 bits per heavy atom. The van der Waals surface area contributed by atoms with E-state index in [1.54, 1.807) is 0 Å². The fraction of sp³-hybridized carbons (Fsp3) is 1.00. The zero-order valence-electron chi connectivity index (χ0n) is 16.2. The van der Waals surface area contributed by atoms with Gasteiger partial charge in [-0.15, -0.1) is 0 Å². The Labute approximate surface area is 150 Å². The number of hydrogen-bond acceptors (Lipinski definition) is 2. The summed E-state index contributed by atoms with van der Waals surface area (Å²) in [6.45, 7) is 28.9. The first-order chi connectivity index (χ1) is 8.73. The molecular weight excluding hydrogens is 447 g/mol. The molecule has 128 valence electrons. The van der Waals surface area contributed by atoms with E-state index in [2.05, 4.69) is 82.9 Å². The van der Waals surface area contributed by atoms with Gasteiger partial charge in [-0.25, -0.2) is 0 Å². The van der Waals surface area contributed by atoms with Gasteiger partial charge in [-0.2, -0.15) is 0 Å². The third-order valence-corrected chi connectivity index (χ3v) is 57.4. The summed E-state index contributed by atoms with van der Waals surface area (Å²) in [7, 11) is 8.54. The van der Waals surface area contributed by atoms with Crippen molar-refractivity contribution >= 4 is 50.0 Å². The molecule has 0 aliphatic heterocycles. The van der Waals surface area contributed by atoms with Crippen LogP contribution in [-0.4, -0.2) is 37.3 Å². The van der Waals surface area contributed by atoms with Crippen LogP contribution in [0, 0.1) is 0 Å². The molecule has 0 amide bonds. The second-order valence-electron chi connectivity index (χ2n) is 9.86. The van der Waals surface area contributed by atoms with Crippen LogP contribution >= 0.6 is 17.0 Å². The summed E-state index contributed by atoms with van der Waals surface area (Å²) in [5, 5.41) is 0. The summed E-state index contributed by atoms with van der Waals surface area (Å²) < 4.78 is 5.49. The van der Waals surface area contributed by atoms with Crippen molar-refractivity contribution in [3.8, 4) is 0 Å². The molecule has 0 saturated heterocycles. The maximum absolute atomic E-state index is 7.37. The molecule has 0 spiro atoms. The zero-order chi connectivity index (χ0) is 17.7. The molecule has 0 radical (unpaired) electrons. The van der Waals surface area contributed by atoms with E-state index in [4.69, 9.17) is 17.0 Å². The molecule has 0 aromatic heterocycles. The van der Waals surface area contributed by atoms with Crippen molar-refractivity contribution in [2.24, 2.45) is 0 Å². The van der Waals surface area contributed by atoms with Crippen molar-refractivity contribution in [2.45, 2.75) is 78.6 Å². The van der Waals surface area contributed by atoms with Gasteiger partial charge in [0.2, 0.25) is 0 Å². The molecule has 0 aliphatic rings. The number of rotatable bonds is 6. The summed E-state index contributed by atoms with van der Waals surface area (Å²) in [4.78, 5) is 0. The Kier molecular flexibility index (Phi) is 7.60. The van der Waals surface area contributed by atoms with E-state index < -0.39 is 51.4 Å². The first-order valence-corrected chi connectivity index (χ1v) is 30.0. The molecule has 2 nitrogen and oxygen atoms in total. The van der Waals surface area contributed by atoms with Crippen LogP contribution in [0.15, 0.2) is 0 Å². The predicted octanol–water partition coefficient (Wildman–Crippen LogP) is 6.22. The fourth-order valence-corrected chi connectivity index (χ4v) is 88.1. The number of nitrogens with zero attached hydrogens (tertiary/aromatic N) is 2. The predicted molar refractivity (Wildman–Crippen MR) is 109 cm³/mol. The van der Waals surface area contributed by atoms with E-state index in [0.29, 0.717) is 0 Å². The van der Waals surface area contributed by atoms with Crippen molar-refractivity contribution in [1.82, 2.24) is 4.35 Å². The molecule has 0 rings (SSSR count). The van der Waals surface area contributed by atoms with Crippen LogP contribution in [0.5, 0.6) is 0 Å². The Morgan fingerprint density at radius 1 is 0.476 bits per heavy atom. The van der Waals surface area contributed by atoms with Crippen LogP contribution < -0.4 is 0 Å². The molecule has 0 atom stereocenters. The second-order valence-corrected chi connectivity index (χ2v) is 46.4. The van der Waals surface area contributed by atoms with Gasteiger partial charge in [-0.1, -0.05) is 0 Å². The van der Waals surface area contributed by atoms with E-state index in [1.807, 2.05) is 0 Å². The Hall–Kier alpha value is 2.25. The van der Waals surface area contributed by atoms with Gasteiger partial charge in [-0.3, -0.25) is 0 Å². The monoisotopic (exact) mass is 480 g/mol. The van der Waals surface area contributed by atoms with Crippen molar-refractivity contribution in [3.63, 3.8) is 0 Å². The summed E-state index contributed by atoms with van der Waals surface area (Å²) in [5.41, 5.74) is 0. The molecule has 0 N–H and O–H groups in total. The van der Waals surface area contributed by atoms with Crippen LogP contribution in [0.3, 0.4) is 0 Å². The third kappa shape index (κ3) is 6.24. The minimum absolute atomic E-state index is 1.55. The van der Waals surface area contributed by atoms with E-state index in [1.165, 1.54) is 0 Å². The van der Waals surface area contributed by atoms with E-state index in [9.17, 15) is 0 Å². The van der Waals surface area contributed by atoms with Gasteiger partial charge >= 0.3 is 151 Å². The average Bonchev–Trinajstić information content (AvgIpc) is 1.84. The van der Waals surface area contributed by atoms with Crippen LogP contribution in [-0.2, 0) is 18.5 Å². The third-order valence-electron chi connectivity index (χ3n) is 3.22. The van der Waals surface area contributed by atoms with Gasteiger partial charge < -0.3 is 0 Å². The van der Waals surface area contributed by atoms with Gasteiger partial charge in [0, 0.05) is 0 Å². The van der Waals surface area contributed by atoms with Crippen molar-refractivity contribution in [3.05, 3.63) is 0 Å². The van der Waals surface area contributed by atoms with Gasteiger partial charge in [0.15, 0.2) is 0 Å². The average molecular weight is 483 g/mol. The summed E-state index contributed by atoms with van der Waals surface area (Å²) >= 11 is -3.55. The van der Waals surface area contributed by atoms with Crippen molar-refractivity contribution in [2.75, 3.05) is 0 Å². The Morgan fingerprint density at radius 2 is 0.619 bits per heavy atom. The Balaban J connectivity index is 6.21. The molecule has 0 aromatic carbocycles. The Bertz CT molecular complexity index is 305. The molecule has 0 unspecified atom stereocenters. The van der Waals surface area contributed by atoms with Crippen LogP contribution in [0.25, 0.3) is 0 Å². The first-order valence-electron chi connectivity index (χ1n) is 7.72. The zero-order valence-corrected chi connectivity index (χ0v) is 24.1. The molecule has 0 fully saturated rings. The van der Waals surface area contributed by atoms with Crippen molar-refractivity contribution in [1.29, 1.82) is 0 Å². The quantitative estimate of drug-likeness (QED) is 0.415. The minimum atomic E-state index is -3.55. The number of halogens is 2. The van der Waals surface area contributed by atoms with Crippen LogP contribution in [0.1, 0.15) is 0 Å². The number of hydrogen-bond donors (Lipinski definition) is 0. The molecule has 0 heterocycles. The summed E-state index contributed by atoms with van der Waals surface area (Å²) in [6, 6.07) is 0. The molecule has 0 saturated carbocycles. The van der Waals surface area contributed by atoms with E-state index in [0.717, 1.165) is 0 Å².